The van der Waals surface area contributed by atoms with E-state index in [1.165, 1.54) is 42.5 Å². The maximum atomic E-state index is 13.7. The zero-order valence-corrected chi connectivity index (χ0v) is 27.5. The summed E-state index contributed by atoms with van der Waals surface area (Å²) in [5.41, 5.74) is 1.32. The first-order valence-electron chi connectivity index (χ1n) is 15.1. The van der Waals surface area contributed by atoms with E-state index in [9.17, 15) is 22.8 Å². The van der Waals surface area contributed by atoms with Gasteiger partial charge in [-0.15, -0.1) is 11.3 Å². The van der Waals surface area contributed by atoms with Gasteiger partial charge in [-0.2, -0.15) is 4.31 Å². The smallest absolute Gasteiger partial charge is 0.341 e. The number of nitrogens with one attached hydrogen (secondary N) is 1. The third-order valence-electron chi connectivity index (χ3n) is 8.92. The molecule has 4 atom stereocenters. The molecule has 2 aliphatic carbocycles. The fourth-order valence-corrected chi connectivity index (χ4v) is 10.6. The number of esters is 2. The van der Waals surface area contributed by atoms with Crippen LogP contribution >= 0.6 is 11.3 Å². The van der Waals surface area contributed by atoms with E-state index in [1.807, 2.05) is 0 Å². The van der Waals surface area contributed by atoms with E-state index >= 15 is 0 Å². The summed E-state index contributed by atoms with van der Waals surface area (Å²) in [5.74, 6) is -1.40. The monoisotopic (exact) mass is 630 g/mol. The van der Waals surface area contributed by atoms with Crippen LogP contribution in [0.2, 0.25) is 0 Å². The molecule has 1 N–H and O–H groups in total. The molecule has 1 saturated heterocycles. The number of nitrogens with zero attached hydrogens (tertiary/aromatic N) is 1. The highest BCUT2D eigenvalue weighted by molar-refractivity contribution is 7.89. The summed E-state index contributed by atoms with van der Waals surface area (Å²) in [6.45, 7) is 12.5. The Kier molecular flexibility index (Phi) is 8.56. The molecular weight excluding hydrogens is 588 g/mol. The van der Waals surface area contributed by atoms with Crippen LogP contribution in [-0.4, -0.2) is 55.9 Å². The van der Waals surface area contributed by atoms with Gasteiger partial charge in [0.15, 0.2) is 6.10 Å². The highest BCUT2D eigenvalue weighted by Crippen LogP contribution is 2.53. The van der Waals surface area contributed by atoms with Gasteiger partial charge in [0.05, 0.1) is 22.6 Å². The summed E-state index contributed by atoms with van der Waals surface area (Å²) < 4.78 is 39.8. The van der Waals surface area contributed by atoms with Gasteiger partial charge in [-0.3, -0.25) is 4.79 Å². The predicted octanol–water partition coefficient (Wildman–Crippen LogP) is 5.82. The van der Waals surface area contributed by atoms with Crippen molar-refractivity contribution >= 4 is 44.2 Å². The van der Waals surface area contributed by atoms with E-state index in [4.69, 9.17) is 9.47 Å². The lowest BCUT2D eigenvalue weighted by molar-refractivity contribution is -0.123. The van der Waals surface area contributed by atoms with E-state index in [0.29, 0.717) is 23.0 Å². The molecule has 2 aromatic rings. The van der Waals surface area contributed by atoms with Gasteiger partial charge in [-0.1, -0.05) is 33.8 Å². The topological polar surface area (TPSA) is 119 Å². The molecule has 3 aliphatic rings. The molecule has 0 unspecified atom stereocenters. The minimum Gasteiger partial charge on any atom is -0.462 e. The van der Waals surface area contributed by atoms with E-state index in [0.717, 1.165) is 49.0 Å². The van der Waals surface area contributed by atoms with Crippen molar-refractivity contribution in [2.45, 2.75) is 97.1 Å². The van der Waals surface area contributed by atoms with Crippen LogP contribution in [0.1, 0.15) is 98.4 Å². The van der Waals surface area contributed by atoms with Crippen LogP contribution in [0.15, 0.2) is 29.2 Å². The highest BCUT2D eigenvalue weighted by Gasteiger charge is 2.53. The number of hydrogen-bond acceptors (Lipinski definition) is 8. The van der Waals surface area contributed by atoms with Crippen molar-refractivity contribution in [3.63, 3.8) is 0 Å². The van der Waals surface area contributed by atoms with Crippen molar-refractivity contribution < 1.29 is 32.3 Å². The number of amides is 1. The van der Waals surface area contributed by atoms with Crippen LogP contribution in [0.5, 0.6) is 0 Å². The number of sulfonamides is 1. The second-order valence-electron chi connectivity index (χ2n) is 13.6. The third-order valence-corrected chi connectivity index (χ3v) is 12.0. The molecule has 2 bridgehead atoms. The number of thiophene rings is 1. The normalized spacial score (nSPS) is 25.4. The summed E-state index contributed by atoms with van der Waals surface area (Å²) >= 11 is 1.36. The molecule has 234 valence electrons. The number of benzene rings is 1. The van der Waals surface area contributed by atoms with Crippen molar-refractivity contribution in [2.24, 2.45) is 16.7 Å². The minimum absolute atomic E-state index is 0.0329. The number of hydrogen-bond donors (Lipinski definition) is 1. The van der Waals surface area contributed by atoms with Crippen LogP contribution in [0.4, 0.5) is 5.00 Å². The van der Waals surface area contributed by atoms with E-state index < -0.39 is 34.0 Å². The lowest BCUT2D eigenvalue weighted by Crippen LogP contribution is -2.37. The van der Waals surface area contributed by atoms with Gasteiger partial charge >= 0.3 is 11.9 Å². The standard InChI is InChI=1S/C32H42N2O7S2/c1-7-40-30(37)26-24-12-11-19(2)13-25(24)42-28(26)33-27(35)20(3)41-29(36)21-9-8-10-23(14-21)43(38,39)34-18-32(6)16-22(34)15-31(4,5)17-32/h8-10,14,19-20,22H,7,11-13,15-18H2,1-6H3,(H,33,35)/t19-,20+,22-,32+/m1/s1. The molecule has 0 spiro atoms. The van der Waals surface area contributed by atoms with E-state index in [-0.39, 0.29) is 33.9 Å². The van der Waals surface area contributed by atoms with Crippen molar-refractivity contribution in [1.82, 2.24) is 4.31 Å². The number of carbonyl (C=O) groups is 3. The number of fused-ring (bicyclic) bond motifs is 3. The molecule has 0 radical (unpaired) electrons. The average molecular weight is 631 g/mol. The van der Waals surface area contributed by atoms with Crippen LogP contribution < -0.4 is 5.32 Å². The maximum Gasteiger partial charge on any atom is 0.341 e. The summed E-state index contributed by atoms with van der Waals surface area (Å²) in [6, 6.07) is 5.74. The molecule has 2 heterocycles. The summed E-state index contributed by atoms with van der Waals surface area (Å²) in [5, 5.41) is 3.18. The second-order valence-corrected chi connectivity index (χ2v) is 16.6. The van der Waals surface area contributed by atoms with Gasteiger partial charge in [0.25, 0.3) is 5.91 Å². The fraction of sp³-hybridized carbons (Fsp3) is 0.594. The van der Waals surface area contributed by atoms with Crippen LogP contribution in [0.3, 0.4) is 0 Å². The Hall–Kier alpha value is -2.76. The number of carbonyl (C=O) groups excluding carboxylic acids is 3. The van der Waals surface area contributed by atoms with Gasteiger partial charge in [-0.25, -0.2) is 18.0 Å². The largest absolute Gasteiger partial charge is 0.462 e. The summed E-state index contributed by atoms with van der Waals surface area (Å²) in [6.07, 6.45) is 3.89. The maximum absolute atomic E-state index is 13.7. The molecule has 2 fully saturated rings. The molecule has 1 saturated carbocycles. The van der Waals surface area contributed by atoms with Crippen LogP contribution in [0, 0.1) is 16.7 Å². The zero-order valence-electron chi connectivity index (χ0n) is 25.8. The Morgan fingerprint density at radius 3 is 2.63 bits per heavy atom. The molecule has 5 rings (SSSR count). The average Bonchev–Trinajstić information content (AvgIpc) is 3.40. The van der Waals surface area contributed by atoms with Gasteiger partial charge in [-0.05, 0) is 92.9 Å². The molecule has 43 heavy (non-hydrogen) atoms. The Bertz CT molecular complexity index is 1550. The van der Waals surface area contributed by atoms with Gasteiger partial charge in [0.1, 0.15) is 5.00 Å². The number of rotatable bonds is 8. The lowest BCUT2D eigenvalue weighted by Gasteiger charge is -2.39. The van der Waals surface area contributed by atoms with E-state index in [1.54, 1.807) is 11.2 Å². The summed E-state index contributed by atoms with van der Waals surface area (Å²) in [4.78, 5) is 40.1. The second kappa shape index (κ2) is 11.6. The van der Waals surface area contributed by atoms with Crippen molar-refractivity contribution in [1.29, 1.82) is 0 Å². The zero-order chi connectivity index (χ0) is 31.3. The molecule has 9 nitrogen and oxygen atoms in total. The quantitative estimate of drug-likeness (QED) is 0.365. The van der Waals surface area contributed by atoms with E-state index in [2.05, 4.69) is 33.0 Å². The molecule has 1 amide bonds. The molecule has 1 aromatic carbocycles. The molecule has 11 heteroatoms. The Balaban J connectivity index is 1.30. The summed E-state index contributed by atoms with van der Waals surface area (Å²) in [7, 11) is -3.84. The minimum atomic E-state index is -3.84. The molecule has 1 aliphatic heterocycles. The molecule has 1 aromatic heterocycles. The first-order valence-corrected chi connectivity index (χ1v) is 17.3. The van der Waals surface area contributed by atoms with Crippen molar-refractivity contribution in [3.05, 3.63) is 45.8 Å². The predicted molar refractivity (Wildman–Crippen MR) is 165 cm³/mol. The number of ether oxygens (including phenoxy) is 2. The Morgan fingerprint density at radius 1 is 1.16 bits per heavy atom. The Morgan fingerprint density at radius 2 is 1.91 bits per heavy atom. The first-order chi connectivity index (χ1) is 20.1. The highest BCUT2D eigenvalue weighted by atomic mass is 32.2. The van der Waals surface area contributed by atoms with Crippen molar-refractivity contribution in [2.75, 3.05) is 18.5 Å². The molecular formula is C32H42N2O7S2. The Labute approximate surface area is 258 Å². The van der Waals surface area contributed by atoms with Crippen LogP contribution in [0.25, 0.3) is 0 Å². The fourth-order valence-electron chi connectivity index (χ4n) is 7.36. The lowest BCUT2D eigenvalue weighted by atomic mass is 9.65. The van der Waals surface area contributed by atoms with Crippen LogP contribution in [-0.2, 0) is 37.1 Å². The SMILES string of the molecule is CCOC(=O)c1c(NC(=O)[C@H](C)OC(=O)c2cccc(S(=O)(=O)N3C[C@@]4(C)C[C@H]3CC(C)(C)C4)c2)sc2c1CC[C@@H](C)C2. The van der Waals surface area contributed by atoms with Gasteiger partial charge in [0, 0.05) is 17.5 Å². The van der Waals surface area contributed by atoms with Gasteiger partial charge in [0.2, 0.25) is 10.0 Å². The first kappa shape index (κ1) is 31.7. The van der Waals surface area contributed by atoms with Crippen molar-refractivity contribution in [3.8, 4) is 0 Å². The van der Waals surface area contributed by atoms with Gasteiger partial charge < -0.3 is 14.8 Å². The third kappa shape index (κ3) is 6.40. The number of anilines is 1.